The van der Waals surface area contributed by atoms with E-state index in [-0.39, 0.29) is 46.2 Å². The van der Waals surface area contributed by atoms with Gasteiger partial charge in [-0.15, -0.1) is 0 Å². The van der Waals surface area contributed by atoms with E-state index in [2.05, 4.69) is 5.32 Å². The zero-order chi connectivity index (χ0) is 21.8. The standard InChI is InChI=1S/C22H22FNO6/c1-3-12(2)19(22(27)28)24-10-16-17(25)9-8-15-20(26)18(11-29-21(15)16)30-14-6-4-13(23)5-7-14/h4-9,11-12,19,24-25H,3,10H2,1-2H3,(H,27,28)/t12-,19+/m0/s1. The fourth-order valence-corrected chi connectivity index (χ4v) is 3.08. The van der Waals surface area contributed by atoms with Crippen LogP contribution in [0.3, 0.4) is 0 Å². The Hall–Kier alpha value is -3.39. The van der Waals surface area contributed by atoms with Crippen molar-refractivity contribution in [3.05, 3.63) is 64.3 Å². The predicted molar refractivity (Wildman–Crippen MR) is 108 cm³/mol. The molecule has 0 fully saturated rings. The molecule has 1 heterocycles. The van der Waals surface area contributed by atoms with E-state index >= 15 is 0 Å². The third kappa shape index (κ3) is 4.44. The number of carboxylic acids is 1. The molecule has 0 unspecified atom stereocenters. The average Bonchev–Trinajstić information content (AvgIpc) is 2.72. The minimum absolute atomic E-state index is 0.00835. The van der Waals surface area contributed by atoms with Gasteiger partial charge in [-0.05, 0) is 42.3 Å². The summed E-state index contributed by atoms with van der Waals surface area (Å²) >= 11 is 0. The SMILES string of the molecule is CC[C@H](C)[C@@H](NCc1c(O)ccc2c(=O)c(Oc3ccc(F)cc3)coc12)C(=O)O. The van der Waals surface area contributed by atoms with E-state index in [1.807, 2.05) is 13.8 Å². The Balaban J connectivity index is 1.93. The van der Waals surface area contributed by atoms with Crippen molar-refractivity contribution < 1.29 is 28.6 Å². The highest BCUT2D eigenvalue weighted by atomic mass is 19.1. The average molecular weight is 415 g/mol. The molecule has 3 N–H and O–H groups in total. The highest BCUT2D eigenvalue weighted by molar-refractivity contribution is 5.83. The van der Waals surface area contributed by atoms with E-state index in [4.69, 9.17) is 9.15 Å². The van der Waals surface area contributed by atoms with E-state index in [9.17, 15) is 24.2 Å². The number of hydrogen-bond donors (Lipinski definition) is 3. The van der Waals surface area contributed by atoms with Crippen LogP contribution < -0.4 is 15.5 Å². The van der Waals surface area contributed by atoms with E-state index in [1.165, 1.54) is 36.4 Å². The minimum Gasteiger partial charge on any atom is -0.507 e. The number of phenolic OH excluding ortho intramolecular Hbond substituents is 1. The Morgan fingerprint density at radius 3 is 2.57 bits per heavy atom. The second kappa shape index (κ2) is 8.96. The van der Waals surface area contributed by atoms with Crippen molar-refractivity contribution in [2.24, 2.45) is 5.92 Å². The molecule has 7 nitrogen and oxygen atoms in total. The number of carboxylic acid groups (broad SMARTS) is 1. The number of halogens is 1. The van der Waals surface area contributed by atoms with E-state index in [0.717, 1.165) is 6.26 Å². The van der Waals surface area contributed by atoms with Gasteiger partial charge in [0.15, 0.2) is 0 Å². The maximum atomic E-state index is 13.0. The first-order chi connectivity index (χ1) is 14.3. The van der Waals surface area contributed by atoms with Crippen LogP contribution >= 0.6 is 0 Å². The lowest BCUT2D eigenvalue weighted by atomic mass is 9.99. The van der Waals surface area contributed by atoms with Gasteiger partial charge in [-0.25, -0.2) is 4.39 Å². The molecule has 0 spiro atoms. The largest absolute Gasteiger partial charge is 0.507 e. The zero-order valence-corrected chi connectivity index (χ0v) is 16.5. The van der Waals surface area contributed by atoms with Crippen molar-refractivity contribution >= 4 is 16.9 Å². The number of phenols is 1. The Labute approximate surface area is 171 Å². The van der Waals surface area contributed by atoms with Crippen LogP contribution in [0.2, 0.25) is 0 Å². The number of fused-ring (bicyclic) bond motifs is 1. The predicted octanol–water partition coefficient (Wildman–Crippen LogP) is 4.02. The Kier molecular flexibility index (Phi) is 6.37. The smallest absolute Gasteiger partial charge is 0.320 e. The summed E-state index contributed by atoms with van der Waals surface area (Å²) in [5.74, 6) is -1.53. The van der Waals surface area contributed by atoms with Gasteiger partial charge in [0.1, 0.15) is 35.2 Å². The number of benzene rings is 2. The van der Waals surface area contributed by atoms with Crippen LogP contribution in [0.25, 0.3) is 11.0 Å². The first-order valence-electron chi connectivity index (χ1n) is 9.47. The summed E-state index contributed by atoms with van der Waals surface area (Å²) < 4.78 is 24.1. The third-order valence-corrected chi connectivity index (χ3v) is 5.01. The van der Waals surface area contributed by atoms with Crippen molar-refractivity contribution in [1.29, 1.82) is 0 Å². The lowest BCUT2D eigenvalue weighted by Crippen LogP contribution is -2.41. The van der Waals surface area contributed by atoms with Crippen LogP contribution in [0, 0.1) is 11.7 Å². The normalized spacial score (nSPS) is 13.2. The Morgan fingerprint density at radius 1 is 1.23 bits per heavy atom. The fraction of sp³-hybridized carbons (Fsp3) is 0.273. The van der Waals surface area contributed by atoms with Gasteiger partial charge < -0.3 is 19.4 Å². The van der Waals surface area contributed by atoms with Crippen molar-refractivity contribution in [2.75, 3.05) is 0 Å². The topological polar surface area (TPSA) is 109 Å². The van der Waals surface area contributed by atoms with Crippen molar-refractivity contribution in [3.63, 3.8) is 0 Å². The maximum Gasteiger partial charge on any atom is 0.320 e. The van der Waals surface area contributed by atoms with Crippen LogP contribution in [0.1, 0.15) is 25.8 Å². The number of nitrogens with one attached hydrogen (secondary N) is 1. The molecule has 0 aliphatic rings. The maximum absolute atomic E-state index is 13.0. The monoisotopic (exact) mass is 415 g/mol. The number of aliphatic carboxylic acids is 1. The molecular formula is C22H22FNO6. The second-order valence-electron chi connectivity index (χ2n) is 7.01. The first kappa shape index (κ1) is 21.3. The fourth-order valence-electron chi connectivity index (χ4n) is 3.08. The van der Waals surface area contributed by atoms with Gasteiger partial charge in [-0.1, -0.05) is 20.3 Å². The third-order valence-electron chi connectivity index (χ3n) is 5.01. The van der Waals surface area contributed by atoms with Gasteiger partial charge in [-0.3, -0.25) is 14.9 Å². The summed E-state index contributed by atoms with van der Waals surface area (Å²) in [4.78, 5) is 24.3. The quantitative estimate of drug-likeness (QED) is 0.510. The Bertz CT molecular complexity index is 1110. The first-order valence-corrected chi connectivity index (χ1v) is 9.47. The molecule has 0 saturated heterocycles. The summed E-state index contributed by atoms with van der Waals surface area (Å²) in [5.41, 5.74) is -0.0710. The van der Waals surface area contributed by atoms with E-state index in [0.29, 0.717) is 6.42 Å². The zero-order valence-electron chi connectivity index (χ0n) is 16.5. The molecule has 0 amide bonds. The van der Waals surface area contributed by atoms with Crippen molar-refractivity contribution in [2.45, 2.75) is 32.9 Å². The second-order valence-corrected chi connectivity index (χ2v) is 7.01. The molecule has 30 heavy (non-hydrogen) atoms. The number of ether oxygens (including phenoxy) is 1. The molecule has 0 bridgehead atoms. The van der Waals surface area contributed by atoms with Crippen LogP contribution in [0.5, 0.6) is 17.2 Å². The molecule has 1 aromatic heterocycles. The molecule has 3 rings (SSSR count). The minimum atomic E-state index is -1.000. The van der Waals surface area contributed by atoms with Crippen LogP contribution in [-0.4, -0.2) is 22.2 Å². The highest BCUT2D eigenvalue weighted by Crippen LogP contribution is 2.28. The van der Waals surface area contributed by atoms with Crippen LogP contribution in [0.15, 0.2) is 51.9 Å². The van der Waals surface area contributed by atoms with Gasteiger partial charge in [0.25, 0.3) is 0 Å². The van der Waals surface area contributed by atoms with Crippen LogP contribution in [0.4, 0.5) is 4.39 Å². The molecule has 2 atom stereocenters. The van der Waals surface area contributed by atoms with Gasteiger partial charge in [0.2, 0.25) is 11.2 Å². The highest BCUT2D eigenvalue weighted by Gasteiger charge is 2.24. The molecule has 0 radical (unpaired) electrons. The molecule has 0 aliphatic carbocycles. The lowest BCUT2D eigenvalue weighted by Gasteiger charge is -2.20. The van der Waals surface area contributed by atoms with E-state index in [1.54, 1.807) is 0 Å². The number of hydrogen-bond acceptors (Lipinski definition) is 6. The summed E-state index contributed by atoms with van der Waals surface area (Å²) in [6.07, 6.45) is 1.77. The molecule has 8 heteroatoms. The molecular weight excluding hydrogens is 393 g/mol. The number of carbonyl (C=O) groups is 1. The van der Waals surface area contributed by atoms with Crippen LogP contribution in [-0.2, 0) is 11.3 Å². The summed E-state index contributed by atoms with van der Waals surface area (Å²) in [6.45, 7) is 3.69. The molecule has 3 aromatic rings. The summed E-state index contributed by atoms with van der Waals surface area (Å²) in [5, 5.41) is 22.8. The summed E-state index contributed by atoms with van der Waals surface area (Å²) in [6, 6.07) is 7.10. The lowest BCUT2D eigenvalue weighted by molar-refractivity contribution is -0.140. The molecule has 2 aromatic carbocycles. The number of rotatable bonds is 8. The molecule has 0 saturated carbocycles. The van der Waals surface area contributed by atoms with E-state index < -0.39 is 23.3 Å². The van der Waals surface area contributed by atoms with Gasteiger partial charge in [0, 0.05) is 6.54 Å². The van der Waals surface area contributed by atoms with Crippen molar-refractivity contribution in [1.82, 2.24) is 5.32 Å². The van der Waals surface area contributed by atoms with Gasteiger partial charge >= 0.3 is 5.97 Å². The van der Waals surface area contributed by atoms with Gasteiger partial charge in [0.05, 0.1) is 10.9 Å². The van der Waals surface area contributed by atoms with Crippen molar-refractivity contribution in [3.8, 4) is 17.2 Å². The molecule has 0 aliphatic heterocycles. The number of aromatic hydroxyl groups is 1. The van der Waals surface area contributed by atoms with Gasteiger partial charge in [-0.2, -0.15) is 0 Å². The summed E-state index contributed by atoms with van der Waals surface area (Å²) in [7, 11) is 0. The Morgan fingerprint density at radius 2 is 1.93 bits per heavy atom. The molecule has 158 valence electrons.